The number of nitriles is 1. The number of aromatic carboxylic acids is 1. The van der Waals surface area contributed by atoms with Crippen LogP contribution in [-0.2, 0) is 6.54 Å². The van der Waals surface area contributed by atoms with E-state index in [2.05, 4.69) is 20.2 Å². The van der Waals surface area contributed by atoms with Crippen LogP contribution in [0.3, 0.4) is 0 Å². The lowest BCUT2D eigenvalue weighted by molar-refractivity contribution is -0.186. The zero-order valence-corrected chi connectivity index (χ0v) is 20.8. The predicted octanol–water partition coefficient (Wildman–Crippen LogP) is 5.27. The molecule has 2 aromatic heterocycles. The van der Waals surface area contributed by atoms with Gasteiger partial charge in [-0.15, -0.1) is 0 Å². The summed E-state index contributed by atoms with van der Waals surface area (Å²) in [7, 11) is 1.63. The number of hydrogen-bond acceptors (Lipinski definition) is 6. The molecule has 3 aromatic rings. The van der Waals surface area contributed by atoms with E-state index < -0.39 is 17.3 Å². The lowest BCUT2D eigenvalue weighted by Gasteiger charge is -2.54. The summed E-state index contributed by atoms with van der Waals surface area (Å²) in [6.45, 7) is 3.04. The Morgan fingerprint density at radius 2 is 2.16 bits per heavy atom. The number of pyridine rings is 1. The lowest BCUT2D eigenvalue weighted by Crippen LogP contribution is -2.53. The zero-order chi connectivity index (χ0) is 26.4. The number of carbonyl (C=O) groups is 1. The molecule has 1 aliphatic heterocycles. The highest BCUT2D eigenvalue weighted by Gasteiger charge is 2.58. The molecule has 1 aliphatic carbocycles. The fraction of sp³-hybridized carbons (Fsp3) is 0.444. The number of hydrogen-bond donors (Lipinski definition) is 3. The molecule has 5 rings (SSSR count). The maximum atomic E-state index is 14.0. The molecule has 194 valence electrons. The van der Waals surface area contributed by atoms with Crippen LogP contribution in [0.1, 0.15) is 58.9 Å². The second kappa shape index (κ2) is 9.30. The number of H-pyrrole nitrogens is 1. The molecule has 8 nitrogen and oxygen atoms in total. The molecule has 1 spiro atoms. The molecule has 1 saturated carbocycles. The van der Waals surface area contributed by atoms with Crippen LogP contribution < -0.4 is 10.1 Å². The standard InChI is InChI=1S/C27H29F2N5O3/c1-16-11-22(37-2)19(17-5-8-31-23(16)17)13-34-10-6-26(14-27(28,29)15-26)12-21(34)18-3-4-20(25(35)36)33-24(18)32-9-7-30/h3-5,8,11,21,31H,6,9-10,12-15H2,1-2H3,(H,32,33)(H,35,36)/t21-/m1/s1. The van der Waals surface area contributed by atoms with Gasteiger partial charge in [-0.3, -0.25) is 4.90 Å². The van der Waals surface area contributed by atoms with Crippen molar-refractivity contribution in [1.82, 2.24) is 14.9 Å². The molecule has 37 heavy (non-hydrogen) atoms. The molecular formula is C27H29F2N5O3. The van der Waals surface area contributed by atoms with Gasteiger partial charge in [0, 0.05) is 53.7 Å². The first-order valence-corrected chi connectivity index (χ1v) is 12.3. The number of benzene rings is 1. The number of aromatic nitrogens is 2. The van der Waals surface area contributed by atoms with Crippen molar-refractivity contribution in [3.05, 3.63) is 52.8 Å². The smallest absolute Gasteiger partial charge is 0.354 e. The Hall–Kier alpha value is -3.71. The largest absolute Gasteiger partial charge is 0.496 e. The first kappa shape index (κ1) is 25.0. The van der Waals surface area contributed by atoms with Gasteiger partial charge in [0.1, 0.15) is 18.1 Å². The van der Waals surface area contributed by atoms with Crippen molar-refractivity contribution in [1.29, 1.82) is 5.26 Å². The van der Waals surface area contributed by atoms with E-state index in [9.17, 15) is 18.7 Å². The Morgan fingerprint density at radius 1 is 1.38 bits per heavy atom. The van der Waals surface area contributed by atoms with Crippen LogP contribution in [0.2, 0.25) is 0 Å². The van der Waals surface area contributed by atoms with E-state index in [1.807, 2.05) is 31.3 Å². The number of carboxylic acid groups (broad SMARTS) is 1. The first-order valence-electron chi connectivity index (χ1n) is 12.3. The summed E-state index contributed by atoms with van der Waals surface area (Å²) >= 11 is 0. The van der Waals surface area contributed by atoms with Gasteiger partial charge in [-0.05, 0) is 55.5 Å². The van der Waals surface area contributed by atoms with Crippen LogP contribution >= 0.6 is 0 Å². The second-order valence-corrected chi connectivity index (χ2v) is 10.2. The molecule has 1 aromatic carbocycles. The van der Waals surface area contributed by atoms with Crippen LogP contribution in [-0.4, -0.2) is 52.1 Å². The highest BCUT2D eigenvalue weighted by Crippen LogP contribution is 2.61. The van der Waals surface area contributed by atoms with Gasteiger partial charge in [-0.25, -0.2) is 18.6 Å². The summed E-state index contributed by atoms with van der Waals surface area (Å²) in [6.07, 6.45) is 2.72. The minimum atomic E-state index is -2.66. The average Bonchev–Trinajstić information content (AvgIpc) is 3.34. The molecule has 1 atom stereocenters. The van der Waals surface area contributed by atoms with Gasteiger partial charge in [0.15, 0.2) is 5.69 Å². The highest BCUT2D eigenvalue weighted by atomic mass is 19.3. The van der Waals surface area contributed by atoms with Crippen LogP contribution in [0, 0.1) is 23.7 Å². The highest BCUT2D eigenvalue weighted by molar-refractivity contribution is 5.88. The van der Waals surface area contributed by atoms with Crippen molar-refractivity contribution in [2.45, 2.75) is 51.1 Å². The Labute approximate surface area is 213 Å². The van der Waals surface area contributed by atoms with E-state index >= 15 is 0 Å². The number of aryl methyl sites for hydroxylation is 1. The molecule has 1 saturated heterocycles. The molecule has 3 N–H and O–H groups in total. The number of anilines is 1. The van der Waals surface area contributed by atoms with Gasteiger partial charge in [0.05, 0.1) is 13.2 Å². The molecule has 0 bridgehead atoms. The molecule has 10 heteroatoms. The molecule has 0 radical (unpaired) electrons. The van der Waals surface area contributed by atoms with Gasteiger partial charge >= 0.3 is 5.97 Å². The first-order chi connectivity index (χ1) is 17.6. The summed E-state index contributed by atoms with van der Waals surface area (Å²) < 4.78 is 33.8. The van der Waals surface area contributed by atoms with Gasteiger partial charge in [-0.2, -0.15) is 5.26 Å². The number of rotatable bonds is 7. The van der Waals surface area contributed by atoms with Crippen molar-refractivity contribution < 1.29 is 23.4 Å². The second-order valence-electron chi connectivity index (χ2n) is 10.2. The van der Waals surface area contributed by atoms with E-state index in [1.54, 1.807) is 13.2 Å². The topological polar surface area (TPSA) is 114 Å². The van der Waals surface area contributed by atoms with Crippen molar-refractivity contribution in [2.75, 3.05) is 25.5 Å². The van der Waals surface area contributed by atoms with Gasteiger partial charge in [0.2, 0.25) is 5.92 Å². The van der Waals surface area contributed by atoms with Crippen LogP contribution in [0.15, 0.2) is 30.5 Å². The summed E-state index contributed by atoms with van der Waals surface area (Å²) in [4.78, 5) is 21.4. The Morgan fingerprint density at radius 3 is 2.84 bits per heavy atom. The number of alkyl halides is 2. The number of piperidine rings is 1. The quantitative estimate of drug-likeness (QED) is 0.372. The zero-order valence-electron chi connectivity index (χ0n) is 20.8. The van der Waals surface area contributed by atoms with Crippen LogP contribution in [0.5, 0.6) is 5.75 Å². The molecule has 0 amide bonds. The summed E-state index contributed by atoms with van der Waals surface area (Å²) in [5.41, 5.74) is 3.14. The van der Waals surface area contributed by atoms with Gasteiger partial charge in [0.25, 0.3) is 0 Å². The van der Waals surface area contributed by atoms with Crippen molar-refractivity contribution in [3.63, 3.8) is 0 Å². The van der Waals surface area contributed by atoms with E-state index in [-0.39, 0.29) is 31.1 Å². The number of aromatic amines is 1. The number of nitrogens with zero attached hydrogens (tertiary/aromatic N) is 3. The normalized spacial score (nSPS) is 20.4. The van der Waals surface area contributed by atoms with E-state index in [1.165, 1.54) is 6.07 Å². The Balaban J connectivity index is 1.57. The molecule has 3 heterocycles. The third-order valence-electron chi connectivity index (χ3n) is 7.80. The maximum Gasteiger partial charge on any atom is 0.354 e. The monoisotopic (exact) mass is 509 g/mol. The minimum Gasteiger partial charge on any atom is -0.496 e. The van der Waals surface area contributed by atoms with Gasteiger partial charge < -0.3 is 20.1 Å². The van der Waals surface area contributed by atoms with Crippen molar-refractivity contribution in [3.8, 4) is 11.8 Å². The third kappa shape index (κ3) is 4.60. The average molecular weight is 510 g/mol. The maximum absolute atomic E-state index is 14.0. The number of fused-ring (bicyclic) bond motifs is 1. The van der Waals surface area contributed by atoms with Crippen molar-refractivity contribution >= 4 is 22.7 Å². The number of nitrogens with one attached hydrogen (secondary N) is 2. The SMILES string of the molecule is COc1cc(C)c2[nH]ccc2c1CN1CCC2(C[C@@H]1c1ccc(C(=O)O)nc1NCC#N)CC(F)(F)C2. The van der Waals surface area contributed by atoms with Gasteiger partial charge in [-0.1, -0.05) is 6.07 Å². The molecule has 2 aliphatic rings. The summed E-state index contributed by atoms with van der Waals surface area (Å²) in [5, 5.41) is 22.6. The third-order valence-corrected chi connectivity index (χ3v) is 7.80. The van der Waals surface area contributed by atoms with Crippen molar-refractivity contribution in [2.24, 2.45) is 5.41 Å². The number of likely N-dealkylation sites (tertiary alicyclic amines) is 1. The number of ether oxygens (including phenoxy) is 1. The fourth-order valence-corrected chi connectivity index (χ4v) is 6.15. The Kier molecular flexibility index (Phi) is 6.28. The van der Waals surface area contributed by atoms with E-state index in [4.69, 9.17) is 10.00 Å². The minimum absolute atomic E-state index is 0.0608. The molecule has 2 fully saturated rings. The summed E-state index contributed by atoms with van der Waals surface area (Å²) in [6, 6.07) is 8.83. The fourth-order valence-electron chi connectivity index (χ4n) is 6.15. The van der Waals surface area contributed by atoms with Crippen LogP contribution in [0.25, 0.3) is 10.9 Å². The Bertz CT molecular complexity index is 1390. The van der Waals surface area contributed by atoms with E-state index in [0.717, 1.165) is 27.8 Å². The predicted molar refractivity (Wildman–Crippen MR) is 134 cm³/mol. The van der Waals surface area contributed by atoms with E-state index in [0.29, 0.717) is 37.3 Å². The molecular weight excluding hydrogens is 480 g/mol. The number of methoxy groups -OCH3 is 1. The number of carboxylic acids is 1. The lowest BCUT2D eigenvalue weighted by atomic mass is 9.59. The van der Waals surface area contributed by atoms with Crippen LogP contribution in [0.4, 0.5) is 14.6 Å². The molecule has 0 unspecified atom stereocenters. The number of halogens is 2. The summed E-state index contributed by atoms with van der Waals surface area (Å²) in [5.74, 6) is -2.79.